The normalized spacial score (nSPS) is 11.3. The van der Waals surface area contributed by atoms with Crippen molar-refractivity contribution < 1.29 is 28.3 Å². The Balaban J connectivity index is 0.000000646. The van der Waals surface area contributed by atoms with Gasteiger partial charge in [0.1, 0.15) is 11.5 Å². The second-order valence-corrected chi connectivity index (χ2v) is 18.5. The Kier molecular flexibility index (Phi) is 10.4. The number of esters is 2. The predicted octanol–water partition coefficient (Wildman–Crippen LogP) is 5.09. The Morgan fingerprint density at radius 1 is 0.741 bits per heavy atom. The van der Waals surface area contributed by atoms with Crippen LogP contribution < -0.4 is 20.1 Å². The molecule has 0 bridgehead atoms. The first-order valence-electron chi connectivity index (χ1n) is 7.40. The van der Waals surface area contributed by atoms with Crippen LogP contribution in [0.3, 0.4) is 0 Å². The second kappa shape index (κ2) is 11.5. The number of hydrogen-bond acceptors (Lipinski definition) is 4. The summed E-state index contributed by atoms with van der Waals surface area (Å²) in [6.07, 6.45) is 0. The molecule has 151 valence electrons. The molecule has 4 nitrogen and oxygen atoms in total. The monoisotopic (exact) mass is 513 g/mol. The third-order valence-corrected chi connectivity index (χ3v) is 5.50. The van der Waals surface area contributed by atoms with E-state index in [1.165, 1.54) is 24.5 Å². The maximum absolute atomic E-state index is 10.9. The first kappa shape index (κ1) is 24.5. The molecule has 0 unspecified atom stereocenters. The molecule has 0 radical (unpaired) electrons. The van der Waals surface area contributed by atoms with Crippen LogP contribution in [-0.4, -0.2) is 18.6 Å². The summed E-state index contributed by atoms with van der Waals surface area (Å²) in [5.74, 6) is 0.458. The van der Waals surface area contributed by atoms with Crippen molar-refractivity contribution in [2.24, 2.45) is 0 Å². The quantitative estimate of drug-likeness (QED) is 0.247. The Morgan fingerprint density at radius 3 is 1.22 bits per heavy atom. The van der Waals surface area contributed by atoms with Gasteiger partial charge in [-0.05, 0) is 48.5 Å². The first-order chi connectivity index (χ1) is 12.5. The molecule has 0 saturated carbocycles. The minimum atomic E-state index is -2.61. The van der Waals surface area contributed by atoms with Crippen molar-refractivity contribution in [3.8, 4) is 11.5 Å². The van der Waals surface area contributed by atoms with Gasteiger partial charge in [-0.25, -0.2) is 0 Å². The second-order valence-electron chi connectivity index (χ2n) is 5.16. The van der Waals surface area contributed by atoms with E-state index in [0.717, 1.165) is 0 Å². The van der Waals surface area contributed by atoms with Crippen LogP contribution in [0, 0.1) is 0 Å². The number of ether oxygens (including phenoxy) is 2. The van der Waals surface area contributed by atoms with E-state index in [1.807, 2.05) is 24.3 Å². The van der Waals surface area contributed by atoms with Crippen molar-refractivity contribution in [2.75, 3.05) is 6.66 Å². The molecular formula is C17H18Cl4FeO4P. The molecule has 0 N–H and O–H groups in total. The molecule has 0 aliphatic carbocycles. The van der Waals surface area contributed by atoms with E-state index in [4.69, 9.17) is 49.9 Å². The summed E-state index contributed by atoms with van der Waals surface area (Å²) in [4.78, 5) is 21.8. The molecule has 27 heavy (non-hydrogen) atoms. The van der Waals surface area contributed by atoms with E-state index in [-0.39, 0.29) is 11.9 Å². The van der Waals surface area contributed by atoms with Crippen LogP contribution in [-0.2, 0) is 18.8 Å². The number of carbonyl (C=O) groups excluding carboxylic acids is 2. The van der Waals surface area contributed by atoms with Crippen molar-refractivity contribution in [1.29, 1.82) is 0 Å². The van der Waals surface area contributed by atoms with Crippen molar-refractivity contribution in [3.05, 3.63) is 48.5 Å². The molecule has 10 heteroatoms. The fourth-order valence-electron chi connectivity index (χ4n) is 2.04. The first-order valence-corrected chi connectivity index (χ1v) is 15.5. The van der Waals surface area contributed by atoms with Crippen LogP contribution in [0.15, 0.2) is 48.5 Å². The van der Waals surface area contributed by atoms with Crippen molar-refractivity contribution >= 4 is 70.9 Å². The molecule has 0 fully saturated rings. The van der Waals surface area contributed by atoms with Gasteiger partial charge in [-0.1, -0.05) is 0 Å². The van der Waals surface area contributed by atoms with E-state index in [1.54, 1.807) is 24.3 Å². The van der Waals surface area contributed by atoms with E-state index in [0.29, 0.717) is 11.5 Å². The average molecular weight is 515 g/mol. The summed E-state index contributed by atoms with van der Waals surface area (Å²) in [6.45, 7) is 4.95. The Bertz CT molecular complexity index is 698. The standard InChI is InChI=1S/C17H17O4P.4ClH.Fe/c1-12(18)20-14-4-8-16(9-5-14)22(3)17-10-6-15(7-11-17)21-13(2)19;;;;;/h4-11H,1-3H3;4*1H;/q;;;;;+3/p-3. The van der Waals surface area contributed by atoms with E-state index in [2.05, 4.69) is 6.66 Å². The fraction of sp³-hybridized carbons (Fsp3) is 0.176. The predicted molar refractivity (Wildman–Crippen MR) is 112 cm³/mol. The molecule has 0 atom stereocenters. The summed E-state index contributed by atoms with van der Waals surface area (Å²) >= 11 is 0. The molecule has 0 aliphatic heterocycles. The zero-order chi connectivity index (χ0) is 20.6. The Labute approximate surface area is 178 Å². The van der Waals surface area contributed by atoms with Gasteiger partial charge in [0.15, 0.2) is 0 Å². The topological polar surface area (TPSA) is 52.6 Å². The van der Waals surface area contributed by atoms with E-state index >= 15 is 0 Å². The van der Waals surface area contributed by atoms with Gasteiger partial charge < -0.3 is 9.47 Å². The van der Waals surface area contributed by atoms with Gasteiger partial charge >= 0.3 is 61.5 Å². The van der Waals surface area contributed by atoms with Crippen molar-refractivity contribution in [3.63, 3.8) is 0 Å². The van der Waals surface area contributed by atoms with Crippen LogP contribution in [0.4, 0.5) is 0 Å². The average Bonchev–Trinajstić information content (AvgIpc) is 2.53. The number of halogens is 4. The molecule has 0 aliphatic rings. The summed E-state index contributed by atoms with van der Waals surface area (Å²) in [5.41, 5.74) is 0. The molecule has 2 rings (SSSR count). The fourth-order valence-corrected chi connectivity index (χ4v) is 3.71. The van der Waals surface area contributed by atoms with Crippen LogP contribution in [0.2, 0.25) is 0 Å². The SMILES string of the molecule is CC(=O)Oc1ccc([PH+](C)c2ccc(OC(C)=O)cc2)cc1.[Cl][Fe-]([Cl])([Cl])[Cl]. The summed E-state index contributed by atoms with van der Waals surface area (Å²) in [5, 5.41) is 2.42. The Morgan fingerprint density at radius 2 is 1.00 bits per heavy atom. The van der Waals surface area contributed by atoms with Gasteiger partial charge in [-0.2, -0.15) is 0 Å². The van der Waals surface area contributed by atoms with Gasteiger partial charge in [-0.15, -0.1) is 0 Å². The van der Waals surface area contributed by atoms with Gasteiger partial charge in [0.25, 0.3) is 0 Å². The minimum absolute atomic E-state index is 0.323. The maximum atomic E-state index is 10.9. The van der Waals surface area contributed by atoms with Gasteiger partial charge in [0.2, 0.25) is 0 Å². The molecule has 0 spiro atoms. The number of carbonyl (C=O) groups is 2. The Hall–Kier alpha value is -0.511. The summed E-state index contributed by atoms with van der Waals surface area (Å²) in [6, 6.07) is 15.1. The molecule has 0 saturated heterocycles. The molecule has 0 heterocycles. The summed E-state index contributed by atoms with van der Waals surface area (Å²) in [7, 11) is 16.3. The molecule has 2 aromatic carbocycles. The number of rotatable bonds is 4. The van der Waals surface area contributed by atoms with E-state index in [9.17, 15) is 9.59 Å². The number of hydrogen-bond donors (Lipinski definition) is 0. The van der Waals surface area contributed by atoms with Gasteiger partial charge in [0.05, 0.1) is 25.2 Å². The summed E-state index contributed by atoms with van der Waals surface area (Å²) < 4.78 is 10.1. The third kappa shape index (κ3) is 11.2. The van der Waals surface area contributed by atoms with Crippen LogP contribution in [0.1, 0.15) is 13.8 Å². The van der Waals surface area contributed by atoms with Gasteiger partial charge in [0, 0.05) is 13.8 Å². The van der Waals surface area contributed by atoms with Crippen LogP contribution >= 0.6 is 48.3 Å². The zero-order valence-corrected chi connectivity index (χ0v) is 19.7. The molecular weight excluding hydrogens is 497 g/mol. The third-order valence-electron chi connectivity index (χ3n) is 3.10. The molecule has 2 aromatic rings. The van der Waals surface area contributed by atoms with Crippen molar-refractivity contribution in [1.82, 2.24) is 0 Å². The van der Waals surface area contributed by atoms with Gasteiger partial charge in [-0.3, -0.25) is 9.59 Å². The van der Waals surface area contributed by atoms with Crippen LogP contribution in [0.25, 0.3) is 0 Å². The zero-order valence-electron chi connectivity index (χ0n) is 14.6. The number of benzene rings is 2. The van der Waals surface area contributed by atoms with E-state index < -0.39 is 17.1 Å². The van der Waals surface area contributed by atoms with Crippen LogP contribution in [0.5, 0.6) is 11.5 Å². The molecule has 0 amide bonds. The van der Waals surface area contributed by atoms with Crippen molar-refractivity contribution in [2.45, 2.75) is 13.8 Å². The molecule has 0 aromatic heterocycles.